The van der Waals surface area contributed by atoms with Crippen LogP contribution in [0.3, 0.4) is 0 Å². The Bertz CT molecular complexity index is 1040. The summed E-state index contributed by atoms with van der Waals surface area (Å²) in [6, 6.07) is 19.2. The van der Waals surface area contributed by atoms with Gasteiger partial charge in [-0.3, -0.25) is 9.69 Å². The van der Waals surface area contributed by atoms with Gasteiger partial charge in [0.1, 0.15) is 0 Å². The summed E-state index contributed by atoms with van der Waals surface area (Å²) in [4.78, 5) is 17.5. The molecule has 3 N–H and O–H groups in total. The van der Waals surface area contributed by atoms with Crippen LogP contribution < -0.4 is 11.1 Å². The van der Waals surface area contributed by atoms with Gasteiger partial charge in [-0.25, -0.2) is 0 Å². The molecule has 6 heteroatoms. The lowest BCUT2D eigenvalue weighted by Gasteiger charge is -2.32. The van der Waals surface area contributed by atoms with Gasteiger partial charge in [0.05, 0.1) is 17.5 Å². The van der Waals surface area contributed by atoms with Crippen LogP contribution >= 0.6 is 0 Å². The molecule has 2 unspecified atom stereocenters. The maximum Gasteiger partial charge on any atom is 0.240 e. The highest BCUT2D eigenvalue weighted by molar-refractivity contribution is 5.86. The lowest BCUT2D eigenvalue weighted by molar-refractivity contribution is -0.126. The number of nitrogens with zero attached hydrogens (tertiary/aromatic N) is 3. The molecule has 178 valence electrons. The van der Waals surface area contributed by atoms with Crippen molar-refractivity contribution in [2.75, 3.05) is 39.8 Å². The molecule has 0 radical (unpaired) electrons. The molecule has 0 aromatic heterocycles. The topological polar surface area (TPSA) is 85.4 Å². The summed E-state index contributed by atoms with van der Waals surface area (Å²) in [5.74, 6) is 0.781. The zero-order valence-electron chi connectivity index (χ0n) is 20.0. The lowest BCUT2D eigenvalue weighted by atomic mass is 9.92. The van der Waals surface area contributed by atoms with Gasteiger partial charge in [-0.05, 0) is 60.4 Å². The third-order valence-corrected chi connectivity index (χ3v) is 8.00. The molecule has 3 atom stereocenters. The number of hydrogen-bond donors (Lipinski definition) is 2. The number of amides is 1. The van der Waals surface area contributed by atoms with Crippen LogP contribution in [0.15, 0.2) is 48.5 Å². The molecule has 2 aliphatic carbocycles. The van der Waals surface area contributed by atoms with Gasteiger partial charge in [-0.1, -0.05) is 48.5 Å². The number of nitriles is 1. The Morgan fingerprint density at radius 2 is 1.65 bits per heavy atom. The van der Waals surface area contributed by atoms with Crippen molar-refractivity contribution in [1.29, 1.82) is 5.26 Å². The number of rotatable bonds is 7. The Labute approximate surface area is 202 Å². The standard InChI is InChI=1S/C28H35N5O/c1-32-10-12-33(13-11-32)19-20-2-4-21(5-3-20)22-6-8-23(9-7-22)26(17-29)18-31-27(34)28(30)15-24-14-25(24)16-28/h2-9,24-26H,10-16,18-19,30H2,1H3,(H,31,34)/t24?,25?,26-,28?/m0/s1. The summed E-state index contributed by atoms with van der Waals surface area (Å²) < 4.78 is 0. The van der Waals surface area contributed by atoms with Crippen molar-refractivity contribution in [2.24, 2.45) is 17.6 Å². The van der Waals surface area contributed by atoms with Crippen LogP contribution in [0.5, 0.6) is 0 Å². The number of nitrogens with two attached hydrogens (primary N) is 1. The van der Waals surface area contributed by atoms with Crippen molar-refractivity contribution < 1.29 is 4.79 Å². The second-order valence-corrected chi connectivity index (χ2v) is 10.6. The van der Waals surface area contributed by atoms with Crippen molar-refractivity contribution in [3.63, 3.8) is 0 Å². The van der Waals surface area contributed by atoms with Crippen LogP contribution in [-0.2, 0) is 11.3 Å². The minimum absolute atomic E-state index is 0.103. The number of likely N-dealkylation sites (N-methyl/N-ethyl adjacent to an activating group) is 1. The molecule has 2 saturated carbocycles. The van der Waals surface area contributed by atoms with E-state index in [1.54, 1.807) is 0 Å². The van der Waals surface area contributed by atoms with Crippen LogP contribution in [0.25, 0.3) is 11.1 Å². The van der Waals surface area contributed by atoms with Crippen molar-refractivity contribution in [2.45, 2.75) is 37.3 Å². The third kappa shape index (κ3) is 5.02. The normalized spacial score (nSPS) is 27.6. The van der Waals surface area contributed by atoms with E-state index in [1.165, 1.54) is 17.5 Å². The Morgan fingerprint density at radius 3 is 2.24 bits per heavy atom. The molecule has 3 fully saturated rings. The minimum atomic E-state index is -0.742. The van der Waals surface area contributed by atoms with Crippen molar-refractivity contribution in [1.82, 2.24) is 15.1 Å². The van der Waals surface area contributed by atoms with Crippen molar-refractivity contribution in [3.05, 3.63) is 59.7 Å². The fraction of sp³-hybridized carbons (Fsp3) is 0.500. The first-order valence-corrected chi connectivity index (χ1v) is 12.5. The summed E-state index contributed by atoms with van der Waals surface area (Å²) in [5.41, 5.74) is 10.1. The van der Waals surface area contributed by atoms with Gasteiger partial charge in [0.25, 0.3) is 0 Å². The predicted octanol–water partition coefficient (Wildman–Crippen LogP) is 2.95. The minimum Gasteiger partial charge on any atom is -0.353 e. The first kappa shape index (κ1) is 23.0. The Kier molecular flexibility index (Phi) is 6.44. The zero-order valence-corrected chi connectivity index (χ0v) is 20.0. The van der Waals surface area contributed by atoms with E-state index in [-0.39, 0.29) is 11.8 Å². The van der Waals surface area contributed by atoms with Gasteiger partial charge in [0, 0.05) is 39.3 Å². The molecule has 1 heterocycles. The molecule has 1 saturated heterocycles. The molecule has 0 spiro atoms. The fourth-order valence-electron chi connectivity index (χ4n) is 5.60. The lowest BCUT2D eigenvalue weighted by Crippen LogP contribution is -2.53. The highest BCUT2D eigenvalue weighted by atomic mass is 16.2. The van der Waals surface area contributed by atoms with Crippen LogP contribution in [-0.4, -0.2) is 61.0 Å². The molecule has 1 amide bonds. The van der Waals surface area contributed by atoms with E-state index in [0.29, 0.717) is 18.4 Å². The number of piperazine rings is 1. The molecule has 2 aromatic carbocycles. The second kappa shape index (κ2) is 9.50. The van der Waals surface area contributed by atoms with E-state index in [4.69, 9.17) is 5.73 Å². The van der Waals surface area contributed by atoms with E-state index < -0.39 is 5.54 Å². The van der Waals surface area contributed by atoms with Gasteiger partial charge in [-0.2, -0.15) is 5.26 Å². The first-order valence-electron chi connectivity index (χ1n) is 12.5. The highest BCUT2D eigenvalue weighted by Gasteiger charge is 2.55. The Balaban J connectivity index is 1.16. The highest BCUT2D eigenvalue weighted by Crippen LogP contribution is 2.55. The van der Waals surface area contributed by atoms with Crippen LogP contribution in [0, 0.1) is 23.2 Å². The largest absolute Gasteiger partial charge is 0.353 e. The number of benzene rings is 2. The quantitative estimate of drug-likeness (QED) is 0.668. The van der Waals surface area contributed by atoms with Crippen LogP contribution in [0.4, 0.5) is 0 Å². The number of nitrogens with one attached hydrogen (secondary N) is 1. The van der Waals surface area contributed by atoms with Crippen molar-refractivity contribution in [3.8, 4) is 17.2 Å². The number of fused-ring (bicyclic) bond motifs is 1. The molecule has 1 aliphatic heterocycles. The van der Waals surface area contributed by atoms with Crippen molar-refractivity contribution >= 4 is 5.91 Å². The summed E-state index contributed by atoms with van der Waals surface area (Å²) >= 11 is 0. The Morgan fingerprint density at radius 1 is 1.06 bits per heavy atom. The molecule has 3 aliphatic rings. The number of hydrogen-bond acceptors (Lipinski definition) is 5. The maximum atomic E-state index is 12.6. The molecule has 0 bridgehead atoms. The van der Waals surface area contributed by atoms with E-state index in [0.717, 1.165) is 56.7 Å². The fourth-order valence-corrected chi connectivity index (χ4v) is 5.60. The average Bonchev–Trinajstić information content (AvgIpc) is 3.48. The van der Waals surface area contributed by atoms with Gasteiger partial charge in [0.2, 0.25) is 5.91 Å². The molecular weight excluding hydrogens is 422 g/mol. The van der Waals surface area contributed by atoms with Gasteiger partial charge in [0.15, 0.2) is 0 Å². The van der Waals surface area contributed by atoms with Gasteiger partial charge < -0.3 is 16.0 Å². The molecule has 6 nitrogen and oxygen atoms in total. The Hall–Kier alpha value is -2.72. The van der Waals surface area contributed by atoms with Crippen LogP contribution in [0.2, 0.25) is 0 Å². The van der Waals surface area contributed by atoms with E-state index in [2.05, 4.69) is 64.6 Å². The second-order valence-electron chi connectivity index (χ2n) is 10.6. The summed E-state index contributed by atoms with van der Waals surface area (Å²) in [5, 5.41) is 12.6. The van der Waals surface area contributed by atoms with Crippen LogP contribution in [0.1, 0.15) is 36.3 Å². The molecular formula is C28H35N5O. The summed E-state index contributed by atoms with van der Waals surface area (Å²) in [7, 11) is 2.18. The number of carbonyl (C=O) groups is 1. The first-order chi connectivity index (χ1) is 16.4. The monoisotopic (exact) mass is 457 g/mol. The SMILES string of the molecule is CN1CCN(Cc2ccc(-c3ccc([C@@H](C#N)CNC(=O)C4(N)CC5CC5C4)cc3)cc2)CC1. The number of carbonyl (C=O) groups excluding carboxylic acids is 1. The molecule has 34 heavy (non-hydrogen) atoms. The van der Waals surface area contributed by atoms with E-state index >= 15 is 0 Å². The van der Waals surface area contributed by atoms with Gasteiger partial charge >= 0.3 is 0 Å². The predicted molar refractivity (Wildman–Crippen MR) is 134 cm³/mol. The molecule has 5 rings (SSSR count). The van der Waals surface area contributed by atoms with E-state index in [1.807, 2.05) is 12.1 Å². The third-order valence-electron chi connectivity index (χ3n) is 8.00. The smallest absolute Gasteiger partial charge is 0.240 e. The summed E-state index contributed by atoms with van der Waals surface area (Å²) in [6.07, 6.45) is 2.78. The maximum absolute atomic E-state index is 12.6. The summed E-state index contributed by atoms with van der Waals surface area (Å²) in [6.45, 7) is 5.79. The average molecular weight is 458 g/mol. The zero-order chi connectivity index (χ0) is 23.7. The molecule has 2 aromatic rings. The van der Waals surface area contributed by atoms with E-state index in [9.17, 15) is 10.1 Å². The van der Waals surface area contributed by atoms with Gasteiger partial charge in [-0.15, -0.1) is 0 Å².